The number of nitrogens with zero attached hydrogens (tertiary/aromatic N) is 2. The number of benzene rings is 1. The highest BCUT2D eigenvalue weighted by Gasteiger charge is 2.07. The molecule has 1 aromatic carbocycles. The molecule has 3 aromatic rings. The minimum atomic E-state index is -0.0239. The van der Waals surface area contributed by atoms with Gasteiger partial charge in [0.25, 0.3) is 0 Å². The monoisotopic (exact) mass is 333 g/mol. The van der Waals surface area contributed by atoms with Crippen molar-refractivity contribution < 1.29 is 9.53 Å². The van der Waals surface area contributed by atoms with Gasteiger partial charge < -0.3 is 10.1 Å². The molecular formula is C20H19N3O2. The SMILES string of the molecule is Cc1cc(NC(=O)CCc2cccnc2)ccc1Oc1cccnc1. The molecule has 0 saturated carbocycles. The molecule has 2 aromatic heterocycles. The number of aryl methyl sites for hydroxylation is 2. The van der Waals surface area contributed by atoms with E-state index in [-0.39, 0.29) is 5.91 Å². The summed E-state index contributed by atoms with van der Waals surface area (Å²) < 4.78 is 5.79. The molecule has 0 unspecified atom stereocenters. The zero-order valence-electron chi connectivity index (χ0n) is 14.0. The second-order valence-electron chi connectivity index (χ2n) is 5.68. The third kappa shape index (κ3) is 4.88. The smallest absolute Gasteiger partial charge is 0.224 e. The number of amides is 1. The zero-order valence-corrected chi connectivity index (χ0v) is 14.0. The predicted molar refractivity (Wildman–Crippen MR) is 96.7 cm³/mol. The second kappa shape index (κ2) is 8.06. The molecule has 2 heterocycles. The van der Waals surface area contributed by atoms with Crippen molar-refractivity contribution in [2.45, 2.75) is 19.8 Å². The van der Waals surface area contributed by atoms with E-state index in [2.05, 4.69) is 15.3 Å². The van der Waals surface area contributed by atoms with Crippen molar-refractivity contribution in [3.05, 3.63) is 78.4 Å². The third-order valence-electron chi connectivity index (χ3n) is 3.68. The Bertz CT molecular complexity index is 836. The molecule has 25 heavy (non-hydrogen) atoms. The fourth-order valence-electron chi connectivity index (χ4n) is 2.40. The van der Waals surface area contributed by atoms with Gasteiger partial charge in [-0.2, -0.15) is 0 Å². The molecule has 1 N–H and O–H groups in total. The maximum atomic E-state index is 12.1. The van der Waals surface area contributed by atoms with Crippen LogP contribution in [0.5, 0.6) is 11.5 Å². The number of hydrogen-bond donors (Lipinski definition) is 1. The summed E-state index contributed by atoms with van der Waals surface area (Å²) in [6.45, 7) is 1.94. The van der Waals surface area contributed by atoms with Crippen LogP contribution in [-0.4, -0.2) is 15.9 Å². The standard InChI is InChI=1S/C20H19N3O2/c1-15-12-17(7-8-19(15)25-18-5-3-11-22-14-18)23-20(24)9-6-16-4-2-10-21-13-16/h2-5,7-8,10-14H,6,9H2,1H3,(H,23,24). The van der Waals surface area contributed by atoms with E-state index in [9.17, 15) is 4.79 Å². The van der Waals surface area contributed by atoms with Crippen molar-refractivity contribution in [1.82, 2.24) is 9.97 Å². The predicted octanol–water partition coefficient (Wildman–Crippen LogP) is 4.15. The van der Waals surface area contributed by atoms with Crippen LogP contribution in [0.1, 0.15) is 17.5 Å². The quantitative estimate of drug-likeness (QED) is 0.736. The molecule has 5 heteroatoms. The first-order chi connectivity index (χ1) is 12.2. The van der Waals surface area contributed by atoms with Gasteiger partial charge in [0.15, 0.2) is 0 Å². The largest absolute Gasteiger partial charge is 0.455 e. The number of carbonyl (C=O) groups is 1. The van der Waals surface area contributed by atoms with Gasteiger partial charge in [-0.25, -0.2) is 0 Å². The molecular weight excluding hydrogens is 314 g/mol. The number of aromatic nitrogens is 2. The van der Waals surface area contributed by atoms with Gasteiger partial charge in [0.1, 0.15) is 11.5 Å². The number of hydrogen-bond acceptors (Lipinski definition) is 4. The number of nitrogens with one attached hydrogen (secondary N) is 1. The molecule has 0 aliphatic carbocycles. The minimum Gasteiger partial charge on any atom is -0.455 e. The van der Waals surface area contributed by atoms with Crippen LogP contribution in [-0.2, 0) is 11.2 Å². The summed E-state index contributed by atoms with van der Waals surface area (Å²) in [4.78, 5) is 20.2. The van der Waals surface area contributed by atoms with Crippen LogP contribution >= 0.6 is 0 Å². The van der Waals surface area contributed by atoms with Gasteiger partial charge in [-0.05, 0) is 60.9 Å². The lowest BCUT2D eigenvalue weighted by molar-refractivity contribution is -0.116. The van der Waals surface area contributed by atoms with Crippen LogP contribution < -0.4 is 10.1 Å². The van der Waals surface area contributed by atoms with E-state index >= 15 is 0 Å². The van der Waals surface area contributed by atoms with Crippen LogP contribution in [0.15, 0.2) is 67.3 Å². The van der Waals surface area contributed by atoms with E-state index in [0.29, 0.717) is 18.6 Å². The molecule has 0 fully saturated rings. The van der Waals surface area contributed by atoms with E-state index in [1.807, 2.05) is 49.4 Å². The molecule has 0 atom stereocenters. The van der Waals surface area contributed by atoms with E-state index in [0.717, 1.165) is 22.6 Å². The van der Waals surface area contributed by atoms with Crippen LogP contribution in [0, 0.1) is 6.92 Å². The van der Waals surface area contributed by atoms with Gasteiger partial charge in [0.2, 0.25) is 5.91 Å². The maximum absolute atomic E-state index is 12.1. The van der Waals surface area contributed by atoms with Gasteiger partial charge >= 0.3 is 0 Å². The van der Waals surface area contributed by atoms with Crippen molar-refractivity contribution in [3.63, 3.8) is 0 Å². The van der Waals surface area contributed by atoms with Crippen LogP contribution in [0.4, 0.5) is 5.69 Å². The molecule has 1 amide bonds. The Morgan fingerprint density at radius 3 is 2.56 bits per heavy atom. The number of pyridine rings is 2. The first kappa shape index (κ1) is 16.6. The highest BCUT2D eigenvalue weighted by atomic mass is 16.5. The Morgan fingerprint density at radius 2 is 1.88 bits per heavy atom. The molecule has 126 valence electrons. The average Bonchev–Trinajstić information content (AvgIpc) is 2.64. The summed E-state index contributed by atoms with van der Waals surface area (Å²) in [5.74, 6) is 1.39. The molecule has 0 saturated heterocycles. The van der Waals surface area contributed by atoms with Crippen molar-refractivity contribution >= 4 is 11.6 Å². The first-order valence-corrected chi connectivity index (χ1v) is 8.08. The summed E-state index contributed by atoms with van der Waals surface area (Å²) in [5.41, 5.74) is 2.75. The Morgan fingerprint density at radius 1 is 1.08 bits per heavy atom. The lowest BCUT2D eigenvalue weighted by atomic mass is 10.1. The van der Waals surface area contributed by atoms with Gasteiger partial charge in [-0.3, -0.25) is 14.8 Å². The van der Waals surface area contributed by atoms with Crippen molar-refractivity contribution in [2.75, 3.05) is 5.32 Å². The van der Waals surface area contributed by atoms with Crippen molar-refractivity contribution in [3.8, 4) is 11.5 Å². The number of ether oxygens (including phenoxy) is 1. The van der Waals surface area contributed by atoms with Gasteiger partial charge in [0.05, 0.1) is 6.20 Å². The average molecular weight is 333 g/mol. The van der Waals surface area contributed by atoms with Gasteiger partial charge in [-0.15, -0.1) is 0 Å². The minimum absolute atomic E-state index is 0.0239. The third-order valence-corrected chi connectivity index (χ3v) is 3.68. The number of anilines is 1. The fourth-order valence-corrected chi connectivity index (χ4v) is 2.40. The summed E-state index contributed by atoms with van der Waals surface area (Å²) in [5, 5.41) is 2.92. The highest BCUT2D eigenvalue weighted by Crippen LogP contribution is 2.26. The molecule has 0 bridgehead atoms. The Kier molecular flexibility index (Phi) is 5.36. The molecule has 0 aliphatic heterocycles. The lowest BCUT2D eigenvalue weighted by Gasteiger charge is -2.11. The summed E-state index contributed by atoms with van der Waals surface area (Å²) in [7, 11) is 0. The number of rotatable bonds is 6. The number of carbonyl (C=O) groups excluding carboxylic acids is 1. The van der Waals surface area contributed by atoms with E-state index in [4.69, 9.17) is 4.74 Å². The topological polar surface area (TPSA) is 64.1 Å². The maximum Gasteiger partial charge on any atom is 0.224 e. The van der Waals surface area contributed by atoms with Crippen LogP contribution in [0.25, 0.3) is 0 Å². The normalized spacial score (nSPS) is 10.3. The van der Waals surface area contributed by atoms with Gasteiger partial charge in [0, 0.05) is 30.7 Å². The van der Waals surface area contributed by atoms with Crippen LogP contribution in [0.3, 0.4) is 0 Å². The van der Waals surface area contributed by atoms with E-state index in [1.165, 1.54) is 0 Å². The van der Waals surface area contributed by atoms with Gasteiger partial charge in [-0.1, -0.05) is 6.07 Å². The summed E-state index contributed by atoms with van der Waals surface area (Å²) in [6, 6.07) is 13.1. The fraction of sp³-hybridized carbons (Fsp3) is 0.150. The zero-order chi connectivity index (χ0) is 17.5. The summed E-state index contributed by atoms with van der Waals surface area (Å²) >= 11 is 0. The second-order valence-corrected chi connectivity index (χ2v) is 5.68. The Balaban J connectivity index is 1.58. The Hall–Kier alpha value is -3.21. The van der Waals surface area contributed by atoms with Crippen molar-refractivity contribution in [1.29, 1.82) is 0 Å². The lowest BCUT2D eigenvalue weighted by Crippen LogP contribution is -2.12. The molecule has 0 spiro atoms. The molecule has 0 radical (unpaired) electrons. The molecule has 3 rings (SSSR count). The molecule has 0 aliphatic rings. The van der Waals surface area contributed by atoms with E-state index < -0.39 is 0 Å². The summed E-state index contributed by atoms with van der Waals surface area (Å²) in [6.07, 6.45) is 7.94. The molecule has 5 nitrogen and oxygen atoms in total. The van der Waals surface area contributed by atoms with E-state index in [1.54, 1.807) is 24.8 Å². The van der Waals surface area contributed by atoms with Crippen LogP contribution in [0.2, 0.25) is 0 Å². The highest BCUT2D eigenvalue weighted by molar-refractivity contribution is 5.91. The first-order valence-electron chi connectivity index (χ1n) is 8.08. The van der Waals surface area contributed by atoms with Crippen molar-refractivity contribution in [2.24, 2.45) is 0 Å². The Labute approximate surface area is 146 Å².